The van der Waals surface area contributed by atoms with E-state index in [2.05, 4.69) is 36.3 Å². The highest BCUT2D eigenvalue weighted by Crippen LogP contribution is 2.39. The fourth-order valence-electron chi connectivity index (χ4n) is 5.42. The van der Waals surface area contributed by atoms with Gasteiger partial charge in [0.25, 0.3) is 0 Å². The van der Waals surface area contributed by atoms with Gasteiger partial charge in [0.1, 0.15) is 23.7 Å². The van der Waals surface area contributed by atoms with Crippen LogP contribution in [0.15, 0.2) is 30.6 Å². The van der Waals surface area contributed by atoms with Crippen molar-refractivity contribution in [2.24, 2.45) is 5.92 Å². The molecule has 0 spiro atoms. The van der Waals surface area contributed by atoms with Gasteiger partial charge in [-0.1, -0.05) is 0 Å². The smallest absolute Gasteiger partial charge is 0.162 e. The first-order valence-corrected chi connectivity index (χ1v) is 13.0. The Bertz CT molecular complexity index is 1550. The predicted octanol–water partition coefficient (Wildman–Crippen LogP) is 4.65. The van der Waals surface area contributed by atoms with Gasteiger partial charge in [-0.15, -0.1) is 0 Å². The van der Waals surface area contributed by atoms with Crippen molar-refractivity contribution in [3.63, 3.8) is 0 Å². The molecule has 0 aliphatic carbocycles. The van der Waals surface area contributed by atoms with Crippen molar-refractivity contribution >= 4 is 16.7 Å². The molecule has 5 rings (SSSR count). The van der Waals surface area contributed by atoms with Gasteiger partial charge < -0.3 is 19.5 Å². The van der Waals surface area contributed by atoms with E-state index in [9.17, 15) is 10.4 Å². The number of nitriles is 1. The Morgan fingerprint density at radius 2 is 2.00 bits per heavy atom. The Morgan fingerprint density at radius 3 is 2.67 bits per heavy atom. The van der Waals surface area contributed by atoms with E-state index in [1.165, 1.54) is 0 Å². The van der Waals surface area contributed by atoms with Gasteiger partial charge in [0.15, 0.2) is 11.5 Å². The number of aliphatic hydroxyl groups is 1. The lowest BCUT2D eigenvalue weighted by atomic mass is 9.90. The Morgan fingerprint density at radius 1 is 1.21 bits per heavy atom. The zero-order valence-corrected chi connectivity index (χ0v) is 23.1. The van der Waals surface area contributed by atoms with Crippen LogP contribution in [0.4, 0.5) is 5.82 Å². The second-order valence-corrected chi connectivity index (χ2v) is 10.7. The number of rotatable bonds is 7. The minimum Gasteiger partial charge on any atom is -0.493 e. The second-order valence-electron chi connectivity index (χ2n) is 10.7. The number of methoxy groups -OCH3 is 1. The van der Waals surface area contributed by atoms with Crippen LogP contribution in [0.2, 0.25) is 0 Å². The molecule has 0 radical (unpaired) electrons. The van der Waals surface area contributed by atoms with E-state index in [1.807, 2.05) is 52.8 Å². The van der Waals surface area contributed by atoms with Crippen molar-refractivity contribution in [2.45, 2.75) is 52.7 Å². The molecule has 2 atom stereocenters. The number of hydrogen-bond donors (Lipinski definition) is 2. The topological polar surface area (TPSA) is 133 Å². The molecular weight excluding hydrogens is 494 g/mol. The molecule has 1 unspecified atom stereocenters. The molecule has 4 aromatic rings. The number of pyridine rings is 1. The molecule has 1 aliphatic heterocycles. The van der Waals surface area contributed by atoms with E-state index in [4.69, 9.17) is 9.47 Å². The van der Waals surface area contributed by atoms with E-state index in [1.54, 1.807) is 19.5 Å². The average Bonchev–Trinajstić information content (AvgIpc) is 3.55. The molecule has 1 saturated heterocycles. The molecule has 39 heavy (non-hydrogen) atoms. The number of anilines is 1. The summed E-state index contributed by atoms with van der Waals surface area (Å²) in [5.41, 5.74) is 4.63. The Labute approximate surface area is 227 Å². The SMILES string of the molecule is COc1cc2[nH]nc(-c3cnc(N4CC[C@H](C(C)(C)O)C4)c(C#N)c3)c2cc1OC(C)c1c(C)cnnc1C. The van der Waals surface area contributed by atoms with Crippen molar-refractivity contribution < 1.29 is 14.6 Å². The summed E-state index contributed by atoms with van der Waals surface area (Å²) >= 11 is 0. The molecule has 202 valence electrons. The third-order valence-corrected chi connectivity index (χ3v) is 7.58. The second kappa shape index (κ2) is 10.2. The number of benzene rings is 1. The van der Waals surface area contributed by atoms with Crippen LogP contribution in [0.5, 0.6) is 11.5 Å². The molecule has 0 amide bonds. The van der Waals surface area contributed by atoms with E-state index >= 15 is 0 Å². The highest BCUT2D eigenvalue weighted by molar-refractivity contribution is 5.95. The van der Waals surface area contributed by atoms with Crippen LogP contribution < -0.4 is 14.4 Å². The maximum atomic E-state index is 10.4. The Hall–Kier alpha value is -4.23. The molecule has 1 aliphatic rings. The van der Waals surface area contributed by atoms with Crippen LogP contribution in [0, 0.1) is 31.1 Å². The van der Waals surface area contributed by atoms with Gasteiger partial charge in [0.2, 0.25) is 0 Å². The minimum absolute atomic E-state index is 0.118. The summed E-state index contributed by atoms with van der Waals surface area (Å²) in [5, 5.41) is 37.0. The molecular formula is C29H33N7O3. The van der Waals surface area contributed by atoms with Crippen LogP contribution in [-0.2, 0) is 0 Å². The summed E-state index contributed by atoms with van der Waals surface area (Å²) in [6.45, 7) is 10.9. The number of fused-ring (bicyclic) bond motifs is 1. The molecule has 10 nitrogen and oxygen atoms in total. The van der Waals surface area contributed by atoms with Crippen LogP contribution in [0.1, 0.15) is 55.7 Å². The molecule has 1 aromatic carbocycles. The molecule has 1 fully saturated rings. The molecule has 0 saturated carbocycles. The molecule has 4 heterocycles. The van der Waals surface area contributed by atoms with Crippen molar-refractivity contribution in [3.05, 3.63) is 53.0 Å². The van der Waals surface area contributed by atoms with Gasteiger partial charge in [0, 0.05) is 47.8 Å². The van der Waals surface area contributed by atoms with Crippen LogP contribution in [0.25, 0.3) is 22.2 Å². The number of aromatic amines is 1. The summed E-state index contributed by atoms with van der Waals surface area (Å²) in [6, 6.07) is 7.87. The molecule has 3 aromatic heterocycles. The number of ether oxygens (including phenoxy) is 2. The van der Waals surface area contributed by atoms with Crippen molar-refractivity contribution in [2.75, 3.05) is 25.1 Å². The first-order chi connectivity index (χ1) is 18.6. The fourth-order valence-corrected chi connectivity index (χ4v) is 5.42. The van der Waals surface area contributed by atoms with Crippen LogP contribution in [-0.4, -0.2) is 56.3 Å². The van der Waals surface area contributed by atoms with Gasteiger partial charge in [-0.05, 0) is 58.7 Å². The van der Waals surface area contributed by atoms with Gasteiger partial charge in [-0.2, -0.15) is 20.6 Å². The minimum atomic E-state index is -0.779. The zero-order chi connectivity index (χ0) is 27.9. The molecule has 10 heteroatoms. The lowest BCUT2D eigenvalue weighted by Gasteiger charge is -2.26. The zero-order valence-electron chi connectivity index (χ0n) is 23.1. The number of nitrogens with zero attached hydrogens (tertiary/aromatic N) is 6. The maximum absolute atomic E-state index is 10.4. The summed E-state index contributed by atoms with van der Waals surface area (Å²) in [6.07, 6.45) is 4.03. The number of hydrogen-bond acceptors (Lipinski definition) is 9. The molecule has 2 N–H and O–H groups in total. The largest absolute Gasteiger partial charge is 0.493 e. The number of aryl methyl sites for hydroxylation is 2. The third-order valence-electron chi connectivity index (χ3n) is 7.58. The normalized spacial score (nSPS) is 16.4. The fraction of sp³-hybridized carbons (Fsp3) is 0.414. The maximum Gasteiger partial charge on any atom is 0.162 e. The van der Waals surface area contributed by atoms with Crippen LogP contribution >= 0.6 is 0 Å². The van der Waals surface area contributed by atoms with Gasteiger partial charge in [-0.3, -0.25) is 5.10 Å². The third kappa shape index (κ3) is 4.98. The van der Waals surface area contributed by atoms with Crippen molar-refractivity contribution in [1.29, 1.82) is 5.26 Å². The number of nitrogens with one attached hydrogen (secondary N) is 1. The molecule has 0 bridgehead atoms. The quantitative estimate of drug-likeness (QED) is 0.352. The van der Waals surface area contributed by atoms with Gasteiger partial charge in [0.05, 0.1) is 35.7 Å². The van der Waals surface area contributed by atoms with Crippen molar-refractivity contribution in [3.8, 4) is 28.8 Å². The predicted molar refractivity (Wildman–Crippen MR) is 148 cm³/mol. The number of aromatic nitrogens is 5. The Balaban J connectivity index is 1.49. The summed E-state index contributed by atoms with van der Waals surface area (Å²) in [5.74, 6) is 1.88. The summed E-state index contributed by atoms with van der Waals surface area (Å²) in [4.78, 5) is 6.75. The van der Waals surface area contributed by atoms with E-state index in [-0.39, 0.29) is 12.0 Å². The summed E-state index contributed by atoms with van der Waals surface area (Å²) < 4.78 is 12.0. The van der Waals surface area contributed by atoms with Crippen molar-refractivity contribution in [1.82, 2.24) is 25.4 Å². The van der Waals surface area contributed by atoms with Gasteiger partial charge >= 0.3 is 0 Å². The van der Waals surface area contributed by atoms with Crippen LogP contribution in [0.3, 0.4) is 0 Å². The Kier molecular flexibility index (Phi) is 6.87. The first kappa shape index (κ1) is 26.4. The monoisotopic (exact) mass is 527 g/mol. The lowest BCUT2D eigenvalue weighted by molar-refractivity contribution is 0.0263. The van der Waals surface area contributed by atoms with E-state index < -0.39 is 5.60 Å². The standard InChI is InChI=1S/C29H33N7O3/c1-16-13-32-33-17(2)26(16)18(3)39-25-10-22-23(11-24(25)38-6)34-35-27(22)20-9-19(12-30)28(31-14-20)36-8-7-21(15-36)29(4,5)37/h9-11,13-14,18,21,37H,7-8,15H2,1-6H3,(H,34,35)/t18?,21-/m0/s1. The summed E-state index contributed by atoms with van der Waals surface area (Å²) in [7, 11) is 1.60. The first-order valence-electron chi connectivity index (χ1n) is 13.0. The average molecular weight is 528 g/mol. The highest BCUT2D eigenvalue weighted by Gasteiger charge is 2.35. The highest BCUT2D eigenvalue weighted by atomic mass is 16.5. The van der Waals surface area contributed by atoms with E-state index in [0.29, 0.717) is 40.7 Å². The number of H-pyrrole nitrogens is 1. The van der Waals surface area contributed by atoms with Gasteiger partial charge in [-0.25, -0.2) is 4.98 Å². The van der Waals surface area contributed by atoms with E-state index in [0.717, 1.165) is 40.7 Å². The lowest BCUT2D eigenvalue weighted by Crippen LogP contribution is -2.33.